The molecule has 0 amide bonds. The Labute approximate surface area is 136 Å². The summed E-state index contributed by atoms with van der Waals surface area (Å²) in [4.78, 5) is 19.1. The van der Waals surface area contributed by atoms with E-state index in [9.17, 15) is 4.79 Å². The van der Waals surface area contributed by atoms with Gasteiger partial charge < -0.3 is 5.32 Å². The van der Waals surface area contributed by atoms with Gasteiger partial charge in [-0.15, -0.1) is 0 Å². The van der Waals surface area contributed by atoms with Crippen LogP contribution in [0.5, 0.6) is 0 Å². The lowest BCUT2D eigenvalue weighted by molar-refractivity contribution is 0.518. The maximum Gasteiger partial charge on any atom is 0.252 e. The molecule has 1 fully saturated rings. The average molecular weight is 315 g/mol. The molecule has 0 aliphatic heterocycles. The van der Waals surface area contributed by atoms with Crippen LogP contribution in [-0.4, -0.2) is 26.3 Å². The second-order valence-corrected chi connectivity index (χ2v) is 6.36. The zero-order chi connectivity index (χ0) is 16.2. The van der Waals surface area contributed by atoms with Gasteiger partial charge in [-0.25, -0.2) is 4.98 Å². The van der Waals surface area contributed by atoms with E-state index in [1.165, 1.54) is 38.2 Å². The van der Waals surface area contributed by atoms with Gasteiger partial charge in [0.15, 0.2) is 0 Å². The molecule has 2 aromatic rings. The SMILES string of the molecule is CCc1cc(=O)[nH]c(-n2nc(C)cc2NCCC2CCCC2)n1. The van der Waals surface area contributed by atoms with E-state index in [-0.39, 0.29) is 5.56 Å². The summed E-state index contributed by atoms with van der Waals surface area (Å²) in [7, 11) is 0. The van der Waals surface area contributed by atoms with Gasteiger partial charge in [0.25, 0.3) is 5.56 Å². The molecule has 3 rings (SSSR count). The summed E-state index contributed by atoms with van der Waals surface area (Å²) in [6, 6.07) is 3.53. The topological polar surface area (TPSA) is 75.6 Å². The van der Waals surface area contributed by atoms with Crippen LogP contribution in [0.1, 0.15) is 50.4 Å². The van der Waals surface area contributed by atoms with Crippen LogP contribution in [0.2, 0.25) is 0 Å². The monoisotopic (exact) mass is 315 g/mol. The first-order valence-electron chi connectivity index (χ1n) is 8.57. The molecule has 1 aliphatic carbocycles. The minimum Gasteiger partial charge on any atom is -0.370 e. The van der Waals surface area contributed by atoms with Crippen LogP contribution in [-0.2, 0) is 6.42 Å². The summed E-state index contributed by atoms with van der Waals surface area (Å²) < 4.78 is 1.70. The fourth-order valence-electron chi connectivity index (χ4n) is 3.27. The molecule has 6 nitrogen and oxygen atoms in total. The summed E-state index contributed by atoms with van der Waals surface area (Å²) in [6.07, 6.45) is 7.36. The molecule has 0 unspecified atom stereocenters. The summed E-state index contributed by atoms with van der Waals surface area (Å²) >= 11 is 0. The van der Waals surface area contributed by atoms with Gasteiger partial charge in [-0.1, -0.05) is 32.6 Å². The van der Waals surface area contributed by atoms with E-state index in [4.69, 9.17) is 0 Å². The lowest BCUT2D eigenvalue weighted by Gasteiger charge is -2.12. The number of hydrogen-bond donors (Lipinski definition) is 2. The first-order chi connectivity index (χ1) is 11.2. The number of anilines is 1. The molecule has 2 heterocycles. The zero-order valence-corrected chi connectivity index (χ0v) is 13.9. The highest BCUT2D eigenvalue weighted by molar-refractivity contribution is 5.41. The van der Waals surface area contributed by atoms with Crippen LogP contribution in [0, 0.1) is 12.8 Å². The quantitative estimate of drug-likeness (QED) is 0.859. The first kappa shape index (κ1) is 15.8. The van der Waals surface area contributed by atoms with Gasteiger partial charge in [0.05, 0.1) is 5.69 Å². The van der Waals surface area contributed by atoms with E-state index >= 15 is 0 Å². The van der Waals surface area contributed by atoms with Crippen molar-refractivity contribution in [3.63, 3.8) is 0 Å². The number of nitrogens with zero attached hydrogens (tertiary/aromatic N) is 3. The Balaban J connectivity index is 1.77. The van der Waals surface area contributed by atoms with Gasteiger partial charge in [0.2, 0.25) is 5.95 Å². The fourth-order valence-corrected chi connectivity index (χ4v) is 3.27. The molecule has 0 radical (unpaired) electrons. The van der Waals surface area contributed by atoms with Crippen LogP contribution in [0.25, 0.3) is 5.95 Å². The summed E-state index contributed by atoms with van der Waals surface area (Å²) in [5.41, 5.74) is 1.53. The van der Waals surface area contributed by atoms with E-state index < -0.39 is 0 Å². The summed E-state index contributed by atoms with van der Waals surface area (Å²) in [5.74, 6) is 2.21. The van der Waals surface area contributed by atoms with Crippen LogP contribution in [0.15, 0.2) is 16.9 Å². The number of H-pyrrole nitrogens is 1. The third-order valence-corrected chi connectivity index (χ3v) is 4.51. The maximum absolute atomic E-state index is 11.8. The van der Waals surface area contributed by atoms with E-state index in [2.05, 4.69) is 20.4 Å². The number of aromatic amines is 1. The van der Waals surface area contributed by atoms with E-state index in [0.29, 0.717) is 5.95 Å². The van der Waals surface area contributed by atoms with Crippen molar-refractivity contribution in [2.45, 2.75) is 52.4 Å². The molecule has 1 aliphatic rings. The third-order valence-electron chi connectivity index (χ3n) is 4.51. The van der Waals surface area contributed by atoms with Crippen molar-refractivity contribution in [3.05, 3.63) is 33.9 Å². The minimum absolute atomic E-state index is 0.142. The normalized spacial score (nSPS) is 15.2. The Kier molecular flexibility index (Phi) is 4.79. The van der Waals surface area contributed by atoms with Crippen molar-refractivity contribution in [1.29, 1.82) is 0 Å². The van der Waals surface area contributed by atoms with Gasteiger partial charge in [-0.3, -0.25) is 9.78 Å². The Morgan fingerprint density at radius 2 is 2.13 bits per heavy atom. The first-order valence-corrected chi connectivity index (χ1v) is 8.57. The smallest absolute Gasteiger partial charge is 0.252 e. The minimum atomic E-state index is -0.142. The van der Waals surface area contributed by atoms with Crippen molar-refractivity contribution in [3.8, 4) is 5.95 Å². The molecular weight excluding hydrogens is 290 g/mol. The molecular formula is C17H25N5O. The van der Waals surface area contributed by atoms with Gasteiger partial charge >= 0.3 is 0 Å². The van der Waals surface area contributed by atoms with Crippen molar-refractivity contribution in [2.24, 2.45) is 5.92 Å². The number of aryl methyl sites for hydroxylation is 2. The molecule has 1 saturated carbocycles. The Morgan fingerprint density at radius 3 is 2.87 bits per heavy atom. The average Bonchev–Trinajstić information content (AvgIpc) is 3.16. The Hall–Kier alpha value is -2.11. The van der Waals surface area contributed by atoms with Crippen molar-refractivity contribution < 1.29 is 0 Å². The van der Waals surface area contributed by atoms with Crippen molar-refractivity contribution in [1.82, 2.24) is 19.7 Å². The maximum atomic E-state index is 11.8. The molecule has 0 atom stereocenters. The largest absolute Gasteiger partial charge is 0.370 e. The second-order valence-electron chi connectivity index (χ2n) is 6.36. The molecule has 124 valence electrons. The van der Waals surface area contributed by atoms with Gasteiger partial charge in [0, 0.05) is 24.4 Å². The summed E-state index contributed by atoms with van der Waals surface area (Å²) in [5, 5.41) is 7.92. The molecule has 0 aromatic carbocycles. The lowest BCUT2D eigenvalue weighted by atomic mass is 10.0. The van der Waals surface area contributed by atoms with Crippen LogP contribution < -0.4 is 10.9 Å². The lowest BCUT2D eigenvalue weighted by Crippen LogP contribution is -2.17. The molecule has 0 saturated heterocycles. The number of nitrogens with one attached hydrogen (secondary N) is 2. The highest BCUT2D eigenvalue weighted by Gasteiger charge is 2.15. The molecule has 6 heteroatoms. The van der Waals surface area contributed by atoms with Crippen molar-refractivity contribution in [2.75, 3.05) is 11.9 Å². The van der Waals surface area contributed by atoms with E-state index in [1.807, 2.05) is 19.9 Å². The molecule has 0 spiro atoms. The third kappa shape index (κ3) is 3.81. The predicted octanol–water partition coefficient (Wildman–Crippen LogP) is 2.82. The standard InChI is InChI=1S/C17H25N5O/c1-3-14-11-16(23)20-17(19-14)22-15(10-12(2)21-22)18-9-8-13-6-4-5-7-13/h10-11,13,18H,3-9H2,1-2H3,(H,19,20,23). The number of aromatic nitrogens is 4. The molecule has 2 aromatic heterocycles. The van der Waals surface area contributed by atoms with E-state index in [1.54, 1.807) is 4.68 Å². The highest BCUT2D eigenvalue weighted by atomic mass is 16.1. The van der Waals surface area contributed by atoms with Gasteiger partial charge in [0.1, 0.15) is 5.82 Å². The van der Waals surface area contributed by atoms with Crippen LogP contribution in [0.4, 0.5) is 5.82 Å². The molecule has 23 heavy (non-hydrogen) atoms. The summed E-state index contributed by atoms with van der Waals surface area (Å²) in [6.45, 7) is 4.86. The number of hydrogen-bond acceptors (Lipinski definition) is 4. The number of rotatable bonds is 6. The Bertz CT molecular complexity index is 712. The van der Waals surface area contributed by atoms with Crippen LogP contribution in [0.3, 0.4) is 0 Å². The van der Waals surface area contributed by atoms with Gasteiger partial charge in [-0.05, 0) is 25.7 Å². The van der Waals surface area contributed by atoms with Crippen LogP contribution >= 0.6 is 0 Å². The molecule has 2 N–H and O–H groups in total. The predicted molar refractivity (Wildman–Crippen MR) is 91.2 cm³/mol. The second kappa shape index (κ2) is 6.98. The van der Waals surface area contributed by atoms with E-state index in [0.717, 1.165) is 36.1 Å². The van der Waals surface area contributed by atoms with Gasteiger partial charge in [-0.2, -0.15) is 9.78 Å². The molecule has 0 bridgehead atoms. The fraction of sp³-hybridized carbons (Fsp3) is 0.588. The van der Waals surface area contributed by atoms with Crippen molar-refractivity contribution >= 4 is 5.82 Å². The highest BCUT2D eigenvalue weighted by Crippen LogP contribution is 2.27. The zero-order valence-electron chi connectivity index (χ0n) is 13.9. The Morgan fingerprint density at radius 1 is 1.35 bits per heavy atom.